The van der Waals surface area contributed by atoms with Crippen LogP contribution in [0.2, 0.25) is 0 Å². The number of aromatic nitrogens is 1. The summed E-state index contributed by atoms with van der Waals surface area (Å²) in [5.41, 5.74) is 0.867. The van der Waals surface area contributed by atoms with E-state index in [0.717, 1.165) is 5.69 Å². The lowest BCUT2D eigenvalue weighted by Crippen LogP contribution is -2.29. The van der Waals surface area contributed by atoms with E-state index in [9.17, 15) is 14.3 Å². The molecule has 0 unspecified atom stereocenters. The predicted molar refractivity (Wildman–Crippen MR) is 68.3 cm³/mol. The molecule has 3 nitrogen and oxygen atoms in total. The number of nitrogens with zero attached hydrogens (tertiary/aromatic N) is 1. The van der Waals surface area contributed by atoms with Gasteiger partial charge in [0, 0.05) is 18.1 Å². The maximum absolute atomic E-state index is 13.9. The van der Waals surface area contributed by atoms with Crippen LogP contribution >= 0.6 is 0 Å². The Balaban J connectivity index is 2.93. The Hall–Kier alpha value is -1.84. The van der Waals surface area contributed by atoms with Crippen molar-refractivity contribution in [3.05, 3.63) is 35.3 Å². The van der Waals surface area contributed by atoms with Crippen molar-refractivity contribution < 1.29 is 14.3 Å². The summed E-state index contributed by atoms with van der Waals surface area (Å²) in [5, 5.41) is 10.0. The average Bonchev–Trinajstić information content (AvgIpc) is 2.53. The van der Waals surface area contributed by atoms with E-state index in [0.29, 0.717) is 16.5 Å². The number of rotatable bonds is 2. The Morgan fingerprint density at radius 1 is 1.39 bits per heavy atom. The van der Waals surface area contributed by atoms with E-state index in [1.54, 1.807) is 37.6 Å². The topological polar surface area (TPSA) is 42.2 Å². The molecule has 2 rings (SSSR count). The first-order chi connectivity index (χ1) is 8.28. The van der Waals surface area contributed by atoms with Crippen LogP contribution in [0.1, 0.15) is 25.1 Å². The van der Waals surface area contributed by atoms with Crippen molar-refractivity contribution >= 4 is 16.9 Å². The van der Waals surface area contributed by atoms with Crippen molar-refractivity contribution in [3.8, 4) is 0 Å². The van der Waals surface area contributed by atoms with Crippen LogP contribution in [0, 0.1) is 12.7 Å². The molecule has 18 heavy (non-hydrogen) atoms. The van der Waals surface area contributed by atoms with Crippen LogP contribution in [0.5, 0.6) is 0 Å². The number of halogens is 1. The smallest absolute Gasteiger partial charge is 0.313 e. The van der Waals surface area contributed by atoms with Crippen molar-refractivity contribution in [2.45, 2.75) is 26.2 Å². The number of aryl methyl sites for hydroxylation is 1. The molecule has 0 bridgehead atoms. The van der Waals surface area contributed by atoms with E-state index in [1.165, 1.54) is 6.07 Å². The molecule has 0 aliphatic carbocycles. The largest absolute Gasteiger partial charge is 0.481 e. The molecule has 4 heteroatoms. The summed E-state index contributed by atoms with van der Waals surface area (Å²) in [4.78, 5) is 11.4. The molecule has 1 N–H and O–H groups in total. The number of fused-ring (bicyclic) bond motifs is 1. The molecule has 96 valence electrons. The molecular weight excluding hydrogens is 233 g/mol. The fraction of sp³-hybridized carbons (Fsp3) is 0.357. The second-order valence-corrected chi connectivity index (χ2v) is 5.09. The van der Waals surface area contributed by atoms with Gasteiger partial charge in [0.2, 0.25) is 0 Å². The summed E-state index contributed by atoms with van der Waals surface area (Å²) >= 11 is 0. The van der Waals surface area contributed by atoms with Gasteiger partial charge < -0.3 is 9.67 Å². The van der Waals surface area contributed by atoms with Crippen molar-refractivity contribution in [2.75, 3.05) is 0 Å². The SMILES string of the molecule is Cc1c(C(C)(C)C(=O)O)c2cccc(F)c2n1C. The summed E-state index contributed by atoms with van der Waals surface area (Å²) in [5.74, 6) is -1.24. The third kappa shape index (κ3) is 1.52. The van der Waals surface area contributed by atoms with Gasteiger partial charge in [-0.05, 0) is 32.4 Å². The Morgan fingerprint density at radius 2 is 2.00 bits per heavy atom. The zero-order valence-electron chi connectivity index (χ0n) is 10.9. The number of benzene rings is 1. The molecule has 0 radical (unpaired) electrons. The van der Waals surface area contributed by atoms with Crippen LogP contribution in [0.15, 0.2) is 18.2 Å². The Morgan fingerprint density at radius 3 is 2.56 bits per heavy atom. The average molecular weight is 249 g/mol. The number of aliphatic carboxylic acids is 1. The number of carboxylic acid groups (broad SMARTS) is 1. The van der Waals surface area contributed by atoms with Gasteiger partial charge in [0.25, 0.3) is 0 Å². The summed E-state index contributed by atoms with van der Waals surface area (Å²) in [7, 11) is 1.75. The monoisotopic (exact) mass is 249 g/mol. The molecule has 0 fully saturated rings. The number of hydrogen-bond acceptors (Lipinski definition) is 1. The highest BCUT2D eigenvalue weighted by Crippen LogP contribution is 2.36. The number of hydrogen-bond donors (Lipinski definition) is 1. The zero-order valence-corrected chi connectivity index (χ0v) is 10.9. The van der Waals surface area contributed by atoms with Crippen molar-refractivity contribution in [1.82, 2.24) is 4.57 Å². The molecule has 1 heterocycles. The van der Waals surface area contributed by atoms with Gasteiger partial charge >= 0.3 is 5.97 Å². The fourth-order valence-corrected chi connectivity index (χ4v) is 2.48. The van der Waals surface area contributed by atoms with Crippen LogP contribution in [0.3, 0.4) is 0 Å². The summed E-state index contributed by atoms with van der Waals surface area (Å²) in [6.45, 7) is 5.10. The molecule has 1 aromatic carbocycles. The molecule has 0 atom stereocenters. The van der Waals surface area contributed by atoms with Crippen LogP contribution in [0.4, 0.5) is 4.39 Å². The second-order valence-electron chi connectivity index (χ2n) is 5.09. The lowest BCUT2D eigenvalue weighted by Gasteiger charge is -2.20. The first kappa shape index (κ1) is 12.6. The highest BCUT2D eigenvalue weighted by atomic mass is 19.1. The van der Waals surface area contributed by atoms with Crippen molar-refractivity contribution in [2.24, 2.45) is 7.05 Å². The highest BCUT2D eigenvalue weighted by molar-refractivity contribution is 5.93. The Labute approximate surface area is 105 Å². The minimum absolute atomic E-state index is 0.328. The van der Waals surface area contributed by atoms with Gasteiger partial charge in [-0.15, -0.1) is 0 Å². The molecule has 0 saturated carbocycles. The van der Waals surface area contributed by atoms with Crippen LogP contribution < -0.4 is 0 Å². The molecule has 1 aromatic heterocycles. The van der Waals surface area contributed by atoms with E-state index < -0.39 is 11.4 Å². The first-order valence-electron chi connectivity index (χ1n) is 5.76. The molecule has 0 spiro atoms. The first-order valence-corrected chi connectivity index (χ1v) is 5.76. The van der Waals surface area contributed by atoms with Gasteiger partial charge in [-0.2, -0.15) is 0 Å². The normalized spacial score (nSPS) is 12.1. The van der Waals surface area contributed by atoms with Crippen LogP contribution in [-0.4, -0.2) is 15.6 Å². The van der Waals surface area contributed by atoms with E-state index in [-0.39, 0.29) is 5.82 Å². The minimum Gasteiger partial charge on any atom is -0.481 e. The van der Waals surface area contributed by atoms with Gasteiger partial charge in [-0.3, -0.25) is 4.79 Å². The van der Waals surface area contributed by atoms with Gasteiger partial charge in [-0.1, -0.05) is 12.1 Å². The van der Waals surface area contributed by atoms with E-state index in [4.69, 9.17) is 0 Å². The van der Waals surface area contributed by atoms with E-state index in [1.807, 2.05) is 6.92 Å². The third-order valence-electron chi connectivity index (χ3n) is 3.62. The van der Waals surface area contributed by atoms with Crippen LogP contribution in [0.25, 0.3) is 10.9 Å². The minimum atomic E-state index is -1.04. The number of para-hydroxylation sites is 1. The third-order valence-corrected chi connectivity index (χ3v) is 3.62. The maximum Gasteiger partial charge on any atom is 0.313 e. The Bertz CT molecular complexity index is 641. The van der Waals surface area contributed by atoms with Crippen LogP contribution in [-0.2, 0) is 17.3 Å². The highest BCUT2D eigenvalue weighted by Gasteiger charge is 2.35. The molecule has 0 amide bonds. The maximum atomic E-state index is 13.9. The molecular formula is C14H16FNO2. The summed E-state index contributed by atoms with van der Waals surface area (Å²) < 4.78 is 15.6. The van der Waals surface area contributed by atoms with E-state index >= 15 is 0 Å². The fourth-order valence-electron chi connectivity index (χ4n) is 2.48. The standard InChI is InChI=1S/C14H16FNO2/c1-8-11(14(2,3)13(17)18)9-6-5-7-10(15)12(9)16(8)4/h5-7H,1-4H3,(H,17,18). The van der Waals surface area contributed by atoms with Crippen molar-refractivity contribution in [1.29, 1.82) is 0 Å². The number of carbonyl (C=O) groups is 1. The lowest BCUT2D eigenvalue weighted by molar-refractivity contribution is -0.142. The van der Waals surface area contributed by atoms with E-state index in [2.05, 4.69) is 0 Å². The van der Waals surface area contributed by atoms with Gasteiger partial charge in [0.05, 0.1) is 10.9 Å². The second kappa shape index (κ2) is 3.83. The quantitative estimate of drug-likeness (QED) is 0.889. The van der Waals surface area contributed by atoms with Gasteiger partial charge in [-0.25, -0.2) is 4.39 Å². The Kier molecular flexibility index (Phi) is 2.69. The zero-order chi connectivity index (χ0) is 13.7. The molecule has 0 aliphatic rings. The van der Waals surface area contributed by atoms with Gasteiger partial charge in [0.15, 0.2) is 0 Å². The molecule has 0 aliphatic heterocycles. The summed E-state index contributed by atoms with van der Waals surface area (Å²) in [6, 6.07) is 4.77. The van der Waals surface area contributed by atoms with Crippen molar-refractivity contribution in [3.63, 3.8) is 0 Å². The van der Waals surface area contributed by atoms with Gasteiger partial charge in [0.1, 0.15) is 5.82 Å². The molecule has 2 aromatic rings. The lowest BCUT2D eigenvalue weighted by atomic mass is 9.83. The summed E-state index contributed by atoms with van der Waals surface area (Å²) in [6.07, 6.45) is 0. The molecule has 0 saturated heterocycles. The predicted octanol–water partition coefficient (Wildman–Crippen LogP) is 2.99. The number of carboxylic acids is 1.